The maximum absolute atomic E-state index is 12.5. The first kappa shape index (κ1) is 15.9. The third kappa shape index (κ3) is 2.58. The summed E-state index contributed by atoms with van der Waals surface area (Å²) in [4.78, 5) is 12.5. The average Bonchev–Trinajstić information content (AvgIpc) is 2.61. The van der Waals surface area contributed by atoms with Crippen molar-refractivity contribution in [3.05, 3.63) is 52.4 Å². The molecule has 0 fully saturated rings. The zero-order valence-corrected chi connectivity index (χ0v) is 14.0. The highest BCUT2D eigenvalue weighted by atomic mass is 16.5. The van der Waals surface area contributed by atoms with Crippen molar-refractivity contribution in [3.8, 4) is 28.4 Å². The molecule has 2 aromatic carbocycles. The minimum Gasteiger partial charge on any atom is -0.497 e. The van der Waals surface area contributed by atoms with Crippen molar-refractivity contribution < 1.29 is 18.6 Å². The molecule has 5 heteroatoms. The van der Waals surface area contributed by atoms with Crippen LogP contribution in [0.1, 0.15) is 5.56 Å². The Morgan fingerprint density at radius 3 is 2.12 bits per heavy atom. The summed E-state index contributed by atoms with van der Waals surface area (Å²) >= 11 is 0. The van der Waals surface area contributed by atoms with Gasteiger partial charge in [-0.3, -0.25) is 0 Å². The predicted molar refractivity (Wildman–Crippen MR) is 92.3 cm³/mol. The molecule has 0 unspecified atom stereocenters. The van der Waals surface area contributed by atoms with Crippen molar-refractivity contribution in [1.29, 1.82) is 0 Å². The minimum atomic E-state index is -0.402. The van der Waals surface area contributed by atoms with Crippen LogP contribution in [0.15, 0.2) is 45.6 Å². The van der Waals surface area contributed by atoms with Gasteiger partial charge in [0, 0.05) is 12.1 Å². The Kier molecular flexibility index (Phi) is 4.16. The lowest BCUT2D eigenvalue weighted by Crippen LogP contribution is -2.07. The van der Waals surface area contributed by atoms with Crippen LogP contribution in [0.3, 0.4) is 0 Å². The van der Waals surface area contributed by atoms with E-state index in [1.165, 1.54) is 0 Å². The third-order valence-corrected chi connectivity index (χ3v) is 4.03. The Bertz CT molecular complexity index is 939. The van der Waals surface area contributed by atoms with Crippen LogP contribution in [0.2, 0.25) is 0 Å². The van der Waals surface area contributed by atoms with E-state index >= 15 is 0 Å². The van der Waals surface area contributed by atoms with Crippen molar-refractivity contribution in [2.45, 2.75) is 6.92 Å². The summed E-state index contributed by atoms with van der Waals surface area (Å²) in [7, 11) is 4.73. The molecule has 3 rings (SSSR count). The second-order valence-electron chi connectivity index (χ2n) is 5.32. The van der Waals surface area contributed by atoms with Crippen LogP contribution in [-0.2, 0) is 0 Å². The van der Waals surface area contributed by atoms with E-state index in [2.05, 4.69) is 0 Å². The summed E-state index contributed by atoms with van der Waals surface area (Å²) in [6, 6.07) is 10.7. The van der Waals surface area contributed by atoms with Gasteiger partial charge in [-0.2, -0.15) is 0 Å². The largest absolute Gasteiger partial charge is 0.497 e. The first-order valence-electron chi connectivity index (χ1n) is 7.43. The van der Waals surface area contributed by atoms with Gasteiger partial charge in [-0.05, 0) is 30.2 Å². The molecule has 0 spiro atoms. The molecule has 0 N–H and O–H groups in total. The van der Waals surface area contributed by atoms with Gasteiger partial charge in [0.15, 0.2) is 0 Å². The molecule has 3 aromatic rings. The van der Waals surface area contributed by atoms with Crippen LogP contribution in [0, 0.1) is 6.92 Å². The van der Waals surface area contributed by atoms with Crippen LogP contribution < -0.4 is 19.8 Å². The van der Waals surface area contributed by atoms with Crippen molar-refractivity contribution in [3.63, 3.8) is 0 Å². The van der Waals surface area contributed by atoms with E-state index in [1.54, 1.807) is 33.5 Å². The van der Waals surface area contributed by atoms with Crippen molar-refractivity contribution >= 4 is 11.0 Å². The lowest BCUT2D eigenvalue weighted by atomic mass is 9.99. The Morgan fingerprint density at radius 2 is 1.54 bits per heavy atom. The molecule has 0 saturated carbocycles. The van der Waals surface area contributed by atoms with Gasteiger partial charge in [-0.15, -0.1) is 0 Å². The zero-order valence-electron chi connectivity index (χ0n) is 14.0. The van der Waals surface area contributed by atoms with E-state index in [4.69, 9.17) is 18.6 Å². The Labute approximate surface area is 139 Å². The predicted octanol–water partition coefficient (Wildman–Crippen LogP) is 3.79. The van der Waals surface area contributed by atoms with Gasteiger partial charge < -0.3 is 18.6 Å². The normalized spacial score (nSPS) is 10.7. The molecule has 0 aliphatic carbocycles. The maximum atomic E-state index is 12.5. The van der Waals surface area contributed by atoms with Gasteiger partial charge in [0.2, 0.25) is 0 Å². The molecule has 5 nitrogen and oxygen atoms in total. The van der Waals surface area contributed by atoms with Crippen LogP contribution in [0.25, 0.3) is 22.1 Å². The SMILES string of the molecule is COc1ccc(-c2c(C)c3c(OC)cc(OC)cc3oc2=O)cc1. The smallest absolute Gasteiger partial charge is 0.344 e. The fourth-order valence-corrected chi connectivity index (χ4v) is 2.82. The molecular formula is C19H18O5. The van der Waals surface area contributed by atoms with Crippen molar-refractivity contribution in [1.82, 2.24) is 0 Å². The van der Waals surface area contributed by atoms with E-state index in [1.807, 2.05) is 31.2 Å². The molecule has 0 amide bonds. The lowest BCUT2D eigenvalue weighted by molar-refractivity contribution is 0.396. The fourth-order valence-electron chi connectivity index (χ4n) is 2.82. The van der Waals surface area contributed by atoms with Crippen LogP contribution in [0.5, 0.6) is 17.2 Å². The van der Waals surface area contributed by atoms with E-state index in [0.29, 0.717) is 22.6 Å². The van der Waals surface area contributed by atoms with Crippen molar-refractivity contribution in [2.24, 2.45) is 0 Å². The number of methoxy groups -OCH3 is 3. The lowest BCUT2D eigenvalue weighted by Gasteiger charge is -2.13. The molecule has 24 heavy (non-hydrogen) atoms. The van der Waals surface area contributed by atoms with Gasteiger partial charge in [0.25, 0.3) is 0 Å². The van der Waals surface area contributed by atoms with Gasteiger partial charge in [-0.1, -0.05) is 12.1 Å². The number of fused-ring (bicyclic) bond motifs is 1. The number of ether oxygens (including phenoxy) is 3. The molecule has 1 heterocycles. The molecule has 0 aliphatic heterocycles. The monoisotopic (exact) mass is 326 g/mol. The molecule has 0 saturated heterocycles. The highest BCUT2D eigenvalue weighted by molar-refractivity contribution is 5.92. The van der Waals surface area contributed by atoms with Gasteiger partial charge in [0.1, 0.15) is 22.8 Å². The van der Waals surface area contributed by atoms with Crippen LogP contribution in [0.4, 0.5) is 0 Å². The first-order valence-corrected chi connectivity index (χ1v) is 7.43. The molecule has 0 atom stereocenters. The molecule has 0 bridgehead atoms. The standard InChI is InChI=1S/C19H18O5/c1-11-17(12-5-7-13(21-2)8-6-12)19(20)24-16-10-14(22-3)9-15(23-4)18(11)16/h5-10H,1-4H3. The van der Waals surface area contributed by atoms with Gasteiger partial charge in [0.05, 0.1) is 32.3 Å². The van der Waals surface area contributed by atoms with E-state index in [9.17, 15) is 4.79 Å². The summed E-state index contributed by atoms with van der Waals surface area (Å²) in [6.45, 7) is 1.88. The quantitative estimate of drug-likeness (QED) is 0.683. The molecule has 0 radical (unpaired) electrons. The number of benzene rings is 2. The van der Waals surface area contributed by atoms with Gasteiger partial charge >= 0.3 is 5.63 Å². The third-order valence-electron chi connectivity index (χ3n) is 4.03. The minimum absolute atomic E-state index is 0.402. The Balaban J connectivity index is 2.31. The number of rotatable bonds is 4. The summed E-state index contributed by atoms with van der Waals surface area (Å²) in [6.07, 6.45) is 0. The summed E-state index contributed by atoms with van der Waals surface area (Å²) in [5, 5.41) is 0.753. The number of aryl methyl sites for hydroxylation is 1. The van der Waals surface area contributed by atoms with Crippen LogP contribution in [-0.4, -0.2) is 21.3 Å². The second-order valence-corrected chi connectivity index (χ2v) is 5.32. The fraction of sp³-hybridized carbons (Fsp3) is 0.211. The Hall–Kier alpha value is -2.95. The zero-order chi connectivity index (χ0) is 17.3. The highest BCUT2D eigenvalue weighted by Crippen LogP contribution is 2.36. The summed E-state index contributed by atoms with van der Waals surface area (Å²) in [5.74, 6) is 1.89. The summed E-state index contributed by atoms with van der Waals surface area (Å²) < 4.78 is 21.4. The average molecular weight is 326 g/mol. The van der Waals surface area contributed by atoms with Crippen LogP contribution >= 0.6 is 0 Å². The number of hydrogen-bond acceptors (Lipinski definition) is 5. The van der Waals surface area contributed by atoms with E-state index < -0.39 is 5.63 Å². The first-order chi connectivity index (χ1) is 11.6. The molecular weight excluding hydrogens is 308 g/mol. The maximum Gasteiger partial charge on any atom is 0.344 e. The second kappa shape index (κ2) is 6.28. The highest BCUT2D eigenvalue weighted by Gasteiger charge is 2.17. The topological polar surface area (TPSA) is 57.9 Å². The van der Waals surface area contributed by atoms with E-state index in [-0.39, 0.29) is 0 Å². The number of hydrogen-bond donors (Lipinski definition) is 0. The molecule has 0 aliphatic rings. The summed E-state index contributed by atoms with van der Waals surface area (Å²) in [5.41, 5.74) is 2.10. The van der Waals surface area contributed by atoms with E-state index in [0.717, 1.165) is 22.3 Å². The van der Waals surface area contributed by atoms with Gasteiger partial charge in [-0.25, -0.2) is 4.79 Å². The van der Waals surface area contributed by atoms with Crippen molar-refractivity contribution in [2.75, 3.05) is 21.3 Å². The molecule has 124 valence electrons. The Morgan fingerprint density at radius 1 is 0.875 bits per heavy atom. The molecule has 1 aromatic heterocycles.